The van der Waals surface area contributed by atoms with Gasteiger partial charge in [-0.1, -0.05) is 20.3 Å². The lowest BCUT2D eigenvalue weighted by atomic mass is 9.84. The molecule has 0 aliphatic heterocycles. The number of nitrogens with two attached hydrogens (primary N) is 1. The smallest absolute Gasteiger partial charge is 0.224 e. The summed E-state index contributed by atoms with van der Waals surface area (Å²) in [5.74, 6) is 0.915. The molecule has 1 aliphatic carbocycles. The van der Waals surface area contributed by atoms with Crippen molar-refractivity contribution in [2.75, 3.05) is 0 Å². The Morgan fingerprint density at radius 3 is 2.31 bits per heavy atom. The van der Waals surface area contributed by atoms with Crippen molar-refractivity contribution in [1.82, 2.24) is 5.32 Å². The van der Waals surface area contributed by atoms with E-state index in [1.54, 1.807) is 0 Å². The van der Waals surface area contributed by atoms with Crippen LogP contribution in [-0.2, 0) is 4.79 Å². The Labute approximate surface area is 99.2 Å². The van der Waals surface area contributed by atoms with E-state index in [9.17, 15) is 4.79 Å². The normalized spacial score (nSPS) is 29.5. The molecule has 94 valence electrons. The van der Waals surface area contributed by atoms with Crippen LogP contribution in [0.3, 0.4) is 0 Å². The van der Waals surface area contributed by atoms with E-state index in [-0.39, 0.29) is 17.9 Å². The quantitative estimate of drug-likeness (QED) is 0.771. The molecular formula is C13H26N2O. The van der Waals surface area contributed by atoms with Crippen LogP contribution < -0.4 is 11.1 Å². The monoisotopic (exact) mass is 226 g/mol. The van der Waals surface area contributed by atoms with Crippen LogP contribution in [0.5, 0.6) is 0 Å². The lowest BCUT2D eigenvalue weighted by Gasteiger charge is -2.29. The van der Waals surface area contributed by atoms with Gasteiger partial charge in [-0.3, -0.25) is 4.79 Å². The van der Waals surface area contributed by atoms with Crippen molar-refractivity contribution in [3.05, 3.63) is 0 Å². The highest BCUT2D eigenvalue weighted by atomic mass is 16.1. The first-order chi connectivity index (χ1) is 7.54. The summed E-state index contributed by atoms with van der Waals surface area (Å²) >= 11 is 0. The standard InChI is InChI=1S/C13H26N2O/c1-4-11-5-7-12(8-6-11)15-13(16)9(2)10(3)14/h9-12H,4-8,14H2,1-3H3,(H,15,16). The first-order valence-electron chi connectivity index (χ1n) is 6.60. The molecule has 0 aromatic heterocycles. The number of hydrogen-bond donors (Lipinski definition) is 2. The molecule has 3 nitrogen and oxygen atoms in total. The maximum Gasteiger partial charge on any atom is 0.224 e. The summed E-state index contributed by atoms with van der Waals surface area (Å²) in [6.45, 7) is 6.04. The molecule has 2 unspecified atom stereocenters. The fourth-order valence-corrected chi connectivity index (χ4v) is 2.29. The second kappa shape index (κ2) is 6.24. The van der Waals surface area contributed by atoms with Crippen LogP contribution in [0.1, 0.15) is 52.9 Å². The molecule has 1 fully saturated rings. The Bertz CT molecular complexity index is 220. The molecule has 0 heterocycles. The predicted octanol–water partition coefficient (Wildman–Crippen LogP) is 2.05. The van der Waals surface area contributed by atoms with Crippen molar-refractivity contribution >= 4 is 5.91 Å². The zero-order chi connectivity index (χ0) is 12.1. The second-order valence-electron chi connectivity index (χ2n) is 5.28. The van der Waals surface area contributed by atoms with Gasteiger partial charge < -0.3 is 11.1 Å². The van der Waals surface area contributed by atoms with E-state index < -0.39 is 0 Å². The zero-order valence-electron chi connectivity index (χ0n) is 10.8. The van der Waals surface area contributed by atoms with Gasteiger partial charge in [-0.25, -0.2) is 0 Å². The molecule has 0 radical (unpaired) electrons. The number of nitrogens with one attached hydrogen (secondary N) is 1. The summed E-state index contributed by atoms with van der Waals surface area (Å²) in [4.78, 5) is 11.8. The van der Waals surface area contributed by atoms with E-state index in [1.807, 2.05) is 13.8 Å². The van der Waals surface area contributed by atoms with Crippen LogP contribution in [0, 0.1) is 11.8 Å². The van der Waals surface area contributed by atoms with Crippen LogP contribution >= 0.6 is 0 Å². The minimum absolute atomic E-state index is 0.0630. The average Bonchev–Trinajstić information content (AvgIpc) is 2.28. The number of carbonyl (C=O) groups is 1. The van der Waals surface area contributed by atoms with E-state index in [2.05, 4.69) is 12.2 Å². The van der Waals surface area contributed by atoms with E-state index in [0.29, 0.717) is 6.04 Å². The molecule has 1 saturated carbocycles. The minimum atomic E-state index is -0.0797. The molecule has 0 aromatic carbocycles. The SMILES string of the molecule is CCC1CCC(NC(=O)C(C)C(C)N)CC1. The number of carbonyl (C=O) groups excluding carboxylic acids is 1. The molecule has 0 spiro atoms. The summed E-state index contributed by atoms with van der Waals surface area (Å²) in [5.41, 5.74) is 5.72. The van der Waals surface area contributed by atoms with E-state index in [0.717, 1.165) is 18.8 Å². The predicted molar refractivity (Wildman–Crippen MR) is 67.0 cm³/mol. The topological polar surface area (TPSA) is 55.1 Å². The summed E-state index contributed by atoms with van der Waals surface area (Å²) in [6.07, 6.45) is 6.06. The lowest BCUT2D eigenvalue weighted by molar-refractivity contribution is -0.125. The van der Waals surface area contributed by atoms with Crippen molar-refractivity contribution in [3.8, 4) is 0 Å². The third kappa shape index (κ3) is 3.78. The van der Waals surface area contributed by atoms with E-state index in [1.165, 1.54) is 19.3 Å². The summed E-state index contributed by atoms with van der Waals surface area (Å²) in [6, 6.07) is 0.323. The van der Waals surface area contributed by atoms with Crippen molar-refractivity contribution in [2.45, 2.75) is 65.0 Å². The van der Waals surface area contributed by atoms with Crippen LogP contribution in [0.25, 0.3) is 0 Å². The van der Waals surface area contributed by atoms with Crippen LogP contribution in [0.15, 0.2) is 0 Å². The van der Waals surface area contributed by atoms with Crippen LogP contribution in [0.2, 0.25) is 0 Å². The van der Waals surface area contributed by atoms with Gasteiger partial charge >= 0.3 is 0 Å². The van der Waals surface area contributed by atoms with Gasteiger partial charge in [0.15, 0.2) is 0 Å². The van der Waals surface area contributed by atoms with Crippen LogP contribution in [0.4, 0.5) is 0 Å². The van der Waals surface area contributed by atoms with Gasteiger partial charge in [0.05, 0.1) is 0 Å². The van der Waals surface area contributed by atoms with Crippen molar-refractivity contribution in [1.29, 1.82) is 0 Å². The van der Waals surface area contributed by atoms with Gasteiger partial charge in [0.2, 0.25) is 5.91 Å². The second-order valence-corrected chi connectivity index (χ2v) is 5.28. The lowest BCUT2D eigenvalue weighted by Crippen LogP contribution is -2.44. The highest BCUT2D eigenvalue weighted by molar-refractivity contribution is 5.79. The molecule has 3 N–H and O–H groups in total. The fraction of sp³-hybridized carbons (Fsp3) is 0.923. The maximum absolute atomic E-state index is 11.8. The van der Waals surface area contributed by atoms with E-state index >= 15 is 0 Å². The van der Waals surface area contributed by atoms with Crippen molar-refractivity contribution in [3.63, 3.8) is 0 Å². The van der Waals surface area contributed by atoms with Gasteiger partial charge in [0.25, 0.3) is 0 Å². The van der Waals surface area contributed by atoms with Gasteiger partial charge in [-0.15, -0.1) is 0 Å². The van der Waals surface area contributed by atoms with Gasteiger partial charge in [-0.05, 0) is 38.5 Å². The third-order valence-electron chi connectivity index (χ3n) is 3.97. The molecule has 0 bridgehead atoms. The molecule has 3 heteroatoms. The molecule has 1 aliphatic rings. The molecular weight excluding hydrogens is 200 g/mol. The zero-order valence-corrected chi connectivity index (χ0v) is 10.8. The largest absolute Gasteiger partial charge is 0.353 e. The van der Waals surface area contributed by atoms with Gasteiger partial charge in [-0.2, -0.15) is 0 Å². The highest BCUT2D eigenvalue weighted by Gasteiger charge is 2.24. The Kier molecular flexibility index (Phi) is 5.26. The molecule has 0 aromatic rings. The summed E-state index contributed by atoms with van der Waals surface area (Å²) in [5, 5.41) is 3.13. The molecule has 2 atom stereocenters. The summed E-state index contributed by atoms with van der Waals surface area (Å²) in [7, 11) is 0. The Morgan fingerprint density at radius 1 is 1.31 bits per heavy atom. The maximum atomic E-state index is 11.8. The Balaban J connectivity index is 2.31. The third-order valence-corrected chi connectivity index (χ3v) is 3.97. The first kappa shape index (κ1) is 13.5. The highest BCUT2D eigenvalue weighted by Crippen LogP contribution is 2.26. The minimum Gasteiger partial charge on any atom is -0.353 e. The van der Waals surface area contributed by atoms with Crippen molar-refractivity contribution in [2.24, 2.45) is 17.6 Å². The molecule has 1 amide bonds. The number of hydrogen-bond acceptors (Lipinski definition) is 2. The average molecular weight is 226 g/mol. The van der Waals surface area contributed by atoms with Crippen LogP contribution in [-0.4, -0.2) is 18.0 Å². The fourth-order valence-electron chi connectivity index (χ4n) is 2.29. The number of rotatable bonds is 4. The van der Waals surface area contributed by atoms with Gasteiger partial charge in [0.1, 0.15) is 0 Å². The summed E-state index contributed by atoms with van der Waals surface area (Å²) < 4.78 is 0. The number of amides is 1. The molecule has 1 rings (SSSR count). The first-order valence-corrected chi connectivity index (χ1v) is 6.60. The molecule has 16 heavy (non-hydrogen) atoms. The van der Waals surface area contributed by atoms with Gasteiger partial charge in [0, 0.05) is 18.0 Å². The Hall–Kier alpha value is -0.570. The van der Waals surface area contributed by atoms with E-state index in [4.69, 9.17) is 5.73 Å². The molecule has 0 saturated heterocycles. The Morgan fingerprint density at radius 2 is 1.88 bits per heavy atom. The van der Waals surface area contributed by atoms with Crippen molar-refractivity contribution < 1.29 is 4.79 Å².